The number of nitrogens with zero attached hydrogens (tertiary/aromatic N) is 3. The van der Waals surface area contributed by atoms with Crippen LogP contribution in [0.3, 0.4) is 0 Å². The fraction of sp³-hybridized carbons (Fsp3) is 0.368. The minimum Gasteiger partial charge on any atom is -0.351 e. The van der Waals surface area contributed by atoms with Gasteiger partial charge >= 0.3 is 0 Å². The Bertz CT molecular complexity index is 723. The van der Waals surface area contributed by atoms with Crippen LogP contribution in [0.4, 0.5) is 11.8 Å². The molecule has 1 aromatic carbocycles. The lowest BCUT2D eigenvalue weighted by Gasteiger charge is -2.37. The van der Waals surface area contributed by atoms with E-state index in [1.165, 1.54) is 11.1 Å². The third kappa shape index (κ3) is 2.93. The predicted octanol–water partition coefficient (Wildman–Crippen LogP) is 3.82. The third-order valence-electron chi connectivity index (χ3n) is 4.63. The van der Waals surface area contributed by atoms with Crippen molar-refractivity contribution in [2.45, 2.75) is 33.2 Å². The van der Waals surface area contributed by atoms with E-state index in [9.17, 15) is 0 Å². The zero-order valence-corrected chi connectivity index (χ0v) is 14.1. The quantitative estimate of drug-likeness (QED) is 0.872. The van der Waals surface area contributed by atoms with Crippen molar-refractivity contribution in [2.75, 3.05) is 23.3 Å². The molecule has 1 aliphatic rings. The Morgan fingerprint density at radius 2 is 2.09 bits per heavy atom. The van der Waals surface area contributed by atoms with Crippen LogP contribution in [0.15, 0.2) is 36.9 Å². The second kappa shape index (κ2) is 6.41. The second-order valence-electron chi connectivity index (χ2n) is 6.07. The summed E-state index contributed by atoms with van der Waals surface area (Å²) in [5.41, 5.74) is 5.02. The fourth-order valence-electron chi connectivity index (χ4n) is 3.20. The highest BCUT2D eigenvalue weighted by Gasteiger charge is 2.26. The summed E-state index contributed by atoms with van der Waals surface area (Å²) in [4.78, 5) is 11.7. The van der Waals surface area contributed by atoms with Crippen LogP contribution < -0.4 is 10.2 Å². The van der Waals surface area contributed by atoms with Crippen molar-refractivity contribution in [2.24, 2.45) is 0 Å². The van der Waals surface area contributed by atoms with Crippen molar-refractivity contribution in [3.05, 3.63) is 59.3 Å². The van der Waals surface area contributed by atoms with Gasteiger partial charge in [-0.3, -0.25) is 0 Å². The van der Waals surface area contributed by atoms with Crippen molar-refractivity contribution in [3.8, 4) is 0 Å². The number of hydrogen-bond donors (Lipinski definition) is 1. The van der Waals surface area contributed by atoms with Gasteiger partial charge in [-0.05, 0) is 38.3 Å². The van der Waals surface area contributed by atoms with Gasteiger partial charge in [0.15, 0.2) is 0 Å². The summed E-state index contributed by atoms with van der Waals surface area (Å²) in [6.45, 7) is 11.8. The lowest BCUT2D eigenvalue weighted by molar-refractivity contribution is 0.614. The van der Waals surface area contributed by atoms with Crippen molar-refractivity contribution in [3.63, 3.8) is 0 Å². The molecule has 0 aliphatic carbocycles. The molecule has 1 N–H and O–H groups in total. The Labute approximate surface area is 138 Å². The van der Waals surface area contributed by atoms with Gasteiger partial charge in [0.25, 0.3) is 0 Å². The Kier molecular flexibility index (Phi) is 4.33. The van der Waals surface area contributed by atoms with Gasteiger partial charge in [-0.2, -0.15) is 4.98 Å². The summed E-state index contributed by atoms with van der Waals surface area (Å²) in [5.74, 6) is 1.71. The largest absolute Gasteiger partial charge is 0.351 e. The molecule has 0 saturated carbocycles. The summed E-state index contributed by atoms with van der Waals surface area (Å²) in [6.07, 6.45) is 2.87. The lowest BCUT2D eigenvalue weighted by atomic mass is 9.93. The van der Waals surface area contributed by atoms with Crippen molar-refractivity contribution < 1.29 is 0 Å². The number of aryl methyl sites for hydroxylation is 1. The van der Waals surface area contributed by atoms with Gasteiger partial charge < -0.3 is 10.2 Å². The molecular weight excluding hydrogens is 284 g/mol. The molecule has 1 aromatic heterocycles. The number of hydrogen-bond acceptors (Lipinski definition) is 4. The molecule has 4 heteroatoms. The fourth-order valence-corrected chi connectivity index (χ4v) is 3.20. The number of benzene rings is 1. The zero-order valence-electron chi connectivity index (χ0n) is 14.1. The Morgan fingerprint density at radius 3 is 2.87 bits per heavy atom. The van der Waals surface area contributed by atoms with E-state index in [1.54, 1.807) is 0 Å². The van der Waals surface area contributed by atoms with Crippen LogP contribution in [0, 0.1) is 13.8 Å². The predicted molar refractivity (Wildman–Crippen MR) is 96.1 cm³/mol. The first-order valence-corrected chi connectivity index (χ1v) is 8.16. The topological polar surface area (TPSA) is 41.1 Å². The van der Waals surface area contributed by atoms with Crippen LogP contribution in [0.1, 0.15) is 35.3 Å². The first kappa shape index (κ1) is 15.5. The first-order chi connectivity index (χ1) is 11.1. The first-order valence-electron chi connectivity index (χ1n) is 8.16. The molecular formula is C19H24N4. The van der Waals surface area contributed by atoms with Gasteiger partial charge in [-0.1, -0.05) is 30.3 Å². The molecule has 1 atom stereocenters. The molecule has 4 nitrogen and oxygen atoms in total. The average molecular weight is 308 g/mol. The number of anilines is 2. The molecule has 0 radical (unpaired) electrons. The monoisotopic (exact) mass is 308 g/mol. The van der Waals surface area contributed by atoms with Gasteiger partial charge in [-0.15, -0.1) is 6.58 Å². The Hall–Kier alpha value is -2.36. The molecule has 0 spiro atoms. The molecule has 120 valence electrons. The van der Waals surface area contributed by atoms with Crippen LogP contribution in [0.5, 0.6) is 0 Å². The van der Waals surface area contributed by atoms with Crippen molar-refractivity contribution in [1.29, 1.82) is 0 Å². The maximum absolute atomic E-state index is 4.77. The summed E-state index contributed by atoms with van der Waals surface area (Å²) >= 11 is 0. The highest BCUT2D eigenvalue weighted by molar-refractivity contribution is 5.55. The van der Waals surface area contributed by atoms with E-state index in [4.69, 9.17) is 4.98 Å². The molecule has 2 aromatic rings. The van der Waals surface area contributed by atoms with E-state index in [0.29, 0.717) is 18.5 Å². The summed E-state index contributed by atoms with van der Waals surface area (Å²) in [5, 5.41) is 3.21. The van der Waals surface area contributed by atoms with E-state index >= 15 is 0 Å². The number of nitrogens with one attached hydrogen (secondary N) is 1. The number of fused-ring (bicyclic) bond motifs is 1. The van der Waals surface area contributed by atoms with Crippen LogP contribution in [-0.2, 0) is 6.42 Å². The van der Waals surface area contributed by atoms with E-state index < -0.39 is 0 Å². The molecule has 1 aliphatic heterocycles. The Morgan fingerprint density at radius 1 is 1.30 bits per heavy atom. The summed E-state index contributed by atoms with van der Waals surface area (Å²) < 4.78 is 0. The van der Waals surface area contributed by atoms with Crippen LogP contribution in [0.25, 0.3) is 0 Å². The summed E-state index contributed by atoms with van der Waals surface area (Å²) in [7, 11) is 0. The smallest absolute Gasteiger partial charge is 0.225 e. The van der Waals surface area contributed by atoms with Crippen LogP contribution in [-0.4, -0.2) is 23.1 Å². The maximum Gasteiger partial charge on any atom is 0.225 e. The molecule has 1 unspecified atom stereocenters. The van der Waals surface area contributed by atoms with E-state index in [1.807, 2.05) is 13.0 Å². The second-order valence-corrected chi connectivity index (χ2v) is 6.07. The van der Waals surface area contributed by atoms with E-state index in [-0.39, 0.29) is 0 Å². The van der Waals surface area contributed by atoms with E-state index in [0.717, 1.165) is 30.0 Å². The zero-order chi connectivity index (χ0) is 16.4. The average Bonchev–Trinajstić information content (AvgIpc) is 2.57. The standard InChI is InChI=1S/C19H24N4/c1-5-11-20-19-21-14(3)13(2)18(22-19)23-12-10-16-8-6-7-9-17(16)15(23)4/h5-9,15H,1,10-12H2,2-4H3,(H,20,21,22). The highest BCUT2D eigenvalue weighted by Crippen LogP contribution is 2.34. The SMILES string of the molecule is C=CCNc1nc(C)c(C)c(N2CCc3ccccc3C2C)n1. The van der Waals surface area contributed by atoms with Gasteiger partial charge in [0.05, 0.1) is 6.04 Å². The van der Waals surface area contributed by atoms with E-state index in [2.05, 4.69) is 59.9 Å². The third-order valence-corrected chi connectivity index (χ3v) is 4.63. The highest BCUT2D eigenvalue weighted by atomic mass is 15.3. The molecule has 0 saturated heterocycles. The van der Waals surface area contributed by atoms with Crippen LogP contribution >= 0.6 is 0 Å². The van der Waals surface area contributed by atoms with Gasteiger partial charge in [-0.25, -0.2) is 4.98 Å². The molecule has 2 heterocycles. The van der Waals surface area contributed by atoms with Gasteiger partial charge in [0.2, 0.25) is 5.95 Å². The van der Waals surface area contributed by atoms with Crippen molar-refractivity contribution >= 4 is 11.8 Å². The number of rotatable bonds is 4. The summed E-state index contributed by atoms with van der Waals surface area (Å²) in [6, 6.07) is 9.03. The lowest BCUT2D eigenvalue weighted by Crippen LogP contribution is -2.35. The molecule has 0 fully saturated rings. The normalized spacial score (nSPS) is 16.8. The van der Waals surface area contributed by atoms with Gasteiger partial charge in [0, 0.05) is 24.3 Å². The van der Waals surface area contributed by atoms with Crippen LogP contribution in [0.2, 0.25) is 0 Å². The number of aromatic nitrogens is 2. The van der Waals surface area contributed by atoms with Crippen molar-refractivity contribution in [1.82, 2.24) is 9.97 Å². The minimum atomic E-state index is 0.320. The maximum atomic E-state index is 4.77. The molecule has 23 heavy (non-hydrogen) atoms. The Balaban J connectivity index is 1.98. The molecule has 0 amide bonds. The minimum absolute atomic E-state index is 0.320. The molecule has 0 bridgehead atoms. The van der Waals surface area contributed by atoms with Gasteiger partial charge in [0.1, 0.15) is 5.82 Å². The molecule has 3 rings (SSSR count).